The lowest BCUT2D eigenvalue weighted by Crippen LogP contribution is -2.34. The monoisotopic (exact) mass is 220 g/mol. The van der Waals surface area contributed by atoms with Gasteiger partial charge < -0.3 is 9.47 Å². The minimum absolute atomic E-state index is 0.166. The van der Waals surface area contributed by atoms with E-state index >= 15 is 0 Å². The van der Waals surface area contributed by atoms with Crippen LogP contribution in [0.2, 0.25) is 0 Å². The molecule has 1 heterocycles. The number of methoxy groups -OCH3 is 1. The third-order valence-corrected chi connectivity index (χ3v) is 2.43. The summed E-state index contributed by atoms with van der Waals surface area (Å²) in [6.07, 6.45) is 0.166. The molecule has 1 aliphatic heterocycles. The Morgan fingerprint density at radius 1 is 1.38 bits per heavy atom. The highest BCUT2D eigenvalue weighted by molar-refractivity contribution is 5.94. The van der Waals surface area contributed by atoms with Gasteiger partial charge in [-0.05, 0) is 31.2 Å². The maximum Gasteiger partial charge on any atom is 0.238 e. The average molecular weight is 220 g/mol. The van der Waals surface area contributed by atoms with Gasteiger partial charge in [-0.2, -0.15) is 0 Å². The van der Waals surface area contributed by atoms with E-state index in [0.717, 1.165) is 17.9 Å². The number of nitrogens with zero attached hydrogens (tertiary/aromatic N) is 2. The van der Waals surface area contributed by atoms with Gasteiger partial charge in [0.15, 0.2) is 0 Å². The Morgan fingerprint density at radius 3 is 2.62 bits per heavy atom. The molecule has 4 nitrogen and oxygen atoms in total. The molecule has 2 rings (SSSR count). The van der Waals surface area contributed by atoms with Crippen LogP contribution in [0.25, 0.3) is 0 Å². The molecule has 16 heavy (non-hydrogen) atoms. The van der Waals surface area contributed by atoms with Gasteiger partial charge in [0.05, 0.1) is 13.7 Å². The number of rotatable bonds is 2. The van der Waals surface area contributed by atoms with Crippen molar-refractivity contribution in [2.45, 2.75) is 13.0 Å². The van der Waals surface area contributed by atoms with E-state index in [2.05, 4.69) is 5.10 Å². The molecule has 86 valence electrons. The van der Waals surface area contributed by atoms with Gasteiger partial charge in [-0.25, -0.2) is 0 Å². The van der Waals surface area contributed by atoms with Crippen LogP contribution < -0.4 is 4.74 Å². The van der Waals surface area contributed by atoms with Crippen LogP contribution in [0.4, 0.5) is 0 Å². The van der Waals surface area contributed by atoms with Crippen molar-refractivity contribution in [2.24, 2.45) is 5.10 Å². The number of benzene rings is 1. The summed E-state index contributed by atoms with van der Waals surface area (Å²) in [6, 6.07) is 7.70. The Morgan fingerprint density at radius 2 is 2.06 bits per heavy atom. The normalized spacial score (nSPS) is 20.1. The Balaban J connectivity index is 2.22. The molecule has 0 spiro atoms. The van der Waals surface area contributed by atoms with Crippen LogP contribution in [0.3, 0.4) is 0 Å². The zero-order valence-electron chi connectivity index (χ0n) is 9.80. The van der Waals surface area contributed by atoms with Crippen molar-refractivity contribution >= 4 is 5.90 Å². The summed E-state index contributed by atoms with van der Waals surface area (Å²) in [5.74, 6) is 1.51. The quantitative estimate of drug-likeness (QED) is 0.761. The fraction of sp³-hybridized carbons (Fsp3) is 0.417. The first-order valence-corrected chi connectivity index (χ1v) is 5.30. The van der Waals surface area contributed by atoms with Crippen LogP contribution in [0.15, 0.2) is 29.4 Å². The van der Waals surface area contributed by atoms with Gasteiger partial charge in [-0.3, -0.25) is 5.01 Å². The Labute approximate surface area is 95.5 Å². The molecule has 0 fully saturated rings. The fourth-order valence-corrected chi connectivity index (χ4v) is 1.68. The number of hydrogen-bond acceptors (Lipinski definition) is 4. The second-order valence-corrected chi connectivity index (χ2v) is 3.90. The first-order chi connectivity index (χ1) is 7.69. The van der Waals surface area contributed by atoms with Crippen molar-refractivity contribution in [1.82, 2.24) is 5.01 Å². The molecule has 4 heteroatoms. The smallest absolute Gasteiger partial charge is 0.238 e. The van der Waals surface area contributed by atoms with Gasteiger partial charge in [0, 0.05) is 12.6 Å². The van der Waals surface area contributed by atoms with E-state index in [1.54, 1.807) is 7.11 Å². The molecule has 0 bridgehead atoms. The zero-order chi connectivity index (χ0) is 11.5. The van der Waals surface area contributed by atoms with E-state index in [-0.39, 0.29) is 6.10 Å². The third kappa shape index (κ3) is 2.27. The fourth-order valence-electron chi connectivity index (χ4n) is 1.68. The van der Waals surface area contributed by atoms with Gasteiger partial charge in [-0.1, -0.05) is 0 Å². The highest BCUT2D eigenvalue weighted by Crippen LogP contribution is 2.15. The summed E-state index contributed by atoms with van der Waals surface area (Å²) in [5, 5.41) is 6.24. The Kier molecular flexibility index (Phi) is 2.99. The van der Waals surface area contributed by atoms with E-state index in [1.807, 2.05) is 43.2 Å². The molecule has 1 aromatic rings. The van der Waals surface area contributed by atoms with E-state index in [4.69, 9.17) is 9.47 Å². The van der Waals surface area contributed by atoms with Gasteiger partial charge >= 0.3 is 0 Å². The molecule has 1 aromatic carbocycles. The molecule has 0 amide bonds. The van der Waals surface area contributed by atoms with Crippen molar-refractivity contribution < 1.29 is 9.47 Å². The number of hydrazone groups is 1. The van der Waals surface area contributed by atoms with Gasteiger partial charge in [0.2, 0.25) is 5.90 Å². The average Bonchev–Trinajstić information content (AvgIpc) is 2.28. The molecule has 1 atom stereocenters. The number of ether oxygens (including phenoxy) is 2. The SMILES string of the molecule is COc1ccc(C2=NN(C)CC(C)O2)cc1. The summed E-state index contributed by atoms with van der Waals surface area (Å²) in [5.41, 5.74) is 0.971. The van der Waals surface area contributed by atoms with E-state index in [0.29, 0.717) is 5.90 Å². The van der Waals surface area contributed by atoms with Crippen molar-refractivity contribution in [2.75, 3.05) is 20.7 Å². The molecule has 0 saturated carbocycles. The summed E-state index contributed by atoms with van der Waals surface area (Å²) in [6.45, 7) is 2.86. The molecular formula is C12H16N2O2. The lowest BCUT2D eigenvalue weighted by molar-refractivity contribution is 0.120. The summed E-state index contributed by atoms with van der Waals surface area (Å²) in [7, 11) is 3.60. The molecule has 0 saturated heterocycles. The molecule has 0 N–H and O–H groups in total. The van der Waals surface area contributed by atoms with Crippen molar-refractivity contribution in [3.8, 4) is 5.75 Å². The predicted octanol–water partition coefficient (Wildman–Crippen LogP) is 1.71. The highest BCUT2D eigenvalue weighted by Gasteiger charge is 2.17. The predicted molar refractivity (Wildman–Crippen MR) is 62.7 cm³/mol. The number of likely N-dealkylation sites (N-methyl/N-ethyl adjacent to an activating group) is 1. The standard InChI is InChI=1S/C12H16N2O2/c1-9-8-14(2)13-12(16-9)10-4-6-11(15-3)7-5-10/h4-7,9H,8H2,1-3H3. The second-order valence-electron chi connectivity index (χ2n) is 3.90. The Hall–Kier alpha value is -1.71. The van der Waals surface area contributed by atoms with E-state index in [1.165, 1.54) is 0 Å². The first-order valence-electron chi connectivity index (χ1n) is 5.30. The van der Waals surface area contributed by atoms with Gasteiger partial charge in [-0.15, -0.1) is 5.10 Å². The van der Waals surface area contributed by atoms with E-state index < -0.39 is 0 Å². The summed E-state index contributed by atoms with van der Waals surface area (Å²) < 4.78 is 10.8. The topological polar surface area (TPSA) is 34.1 Å². The molecule has 1 aliphatic rings. The largest absolute Gasteiger partial charge is 0.497 e. The lowest BCUT2D eigenvalue weighted by atomic mass is 10.2. The highest BCUT2D eigenvalue weighted by atomic mass is 16.5. The molecule has 0 radical (unpaired) electrons. The van der Waals surface area contributed by atoms with Gasteiger partial charge in [0.1, 0.15) is 11.9 Å². The van der Waals surface area contributed by atoms with Crippen molar-refractivity contribution in [1.29, 1.82) is 0 Å². The number of hydrogen-bond donors (Lipinski definition) is 0. The van der Waals surface area contributed by atoms with Gasteiger partial charge in [0.25, 0.3) is 0 Å². The van der Waals surface area contributed by atoms with Crippen LogP contribution in [-0.4, -0.2) is 37.7 Å². The van der Waals surface area contributed by atoms with E-state index in [9.17, 15) is 0 Å². The van der Waals surface area contributed by atoms with Crippen LogP contribution in [-0.2, 0) is 4.74 Å². The molecule has 1 unspecified atom stereocenters. The lowest BCUT2D eigenvalue weighted by Gasteiger charge is -2.27. The molecular weight excluding hydrogens is 204 g/mol. The first kappa shape index (κ1) is 10.8. The zero-order valence-corrected chi connectivity index (χ0v) is 9.80. The Bertz CT molecular complexity index is 387. The summed E-state index contributed by atoms with van der Waals surface area (Å²) in [4.78, 5) is 0. The minimum atomic E-state index is 0.166. The van der Waals surface area contributed by atoms with Crippen LogP contribution in [0, 0.1) is 0 Å². The van der Waals surface area contributed by atoms with Crippen LogP contribution in [0.5, 0.6) is 5.75 Å². The molecule has 0 aliphatic carbocycles. The molecule has 0 aromatic heterocycles. The minimum Gasteiger partial charge on any atom is -0.497 e. The van der Waals surface area contributed by atoms with Crippen LogP contribution >= 0.6 is 0 Å². The van der Waals surface area contributed by atoms with Crippen LogP contribution in [0.1, 0.15) is 12.5 Å². The maximum absolute atomic E-state index is 5.68. The second kappa shape index (κ2) is 4.43. The van der Waals surface area contributed by atoms with Crippen molar-refractivity contribution in [3.05, 3.63) is 29.8 Å². The third-order valence-electron chi connectivity index (χ3n) is 2.43. The van der Waals surface area contributed by atoms with Crippen molar-refractivity contribution in [3.63, 3.8) is 0 Å². The maximum atomic E-state index is 5.68. The summed E-state index contributed by atoms with van der Waals surface area (Å²) >= 11 is 0.